The molecule has 0 atom stereocenters. The van der Waals surface area contributed by atoms with Gasteiger partial charge in [0.25, 0.3) is 0 Å². The van der Waals surface area contributed by atoms with Crippen LogP contribution in [0, 0.1) is 0 Å². The fourth-order valence-electron chi connectivity index (χ4n) is 3.65. The van der Waals surface area contributed by atoms with Crippen LogP contribution >= 0.6 is 0 Å². The number of methoxy groups -OCH3 is 2. The summed E-state index contributed by atoms with van der Waals surface area (Å²) in [6.07, 6.45) is 0. The summed E-state index contributed by atoms with van der Waals surface area (Å²) in [5.74, 6) is 1.41. The molecule has 4 rings (SSSR count). The monoisotopic (exact) mass is 476 g/mol. The second-order valence-electron chi connectivity index (χ2n) is 9.00. The molecule has 0 fully saturated rings. The summed E-state index contributed by atoms with van der Waals surface area (Å²) in [6, 6.07) is 21.7. The Morgan fingerprint density at radius 3 is 1.71 bits per heavy atom. The molecule has 6 nitrogen and oxygen atoms in total. The maximum absolute atomic E-state index is 13.5. The van der Waals surface area contributed by atoms with Crippen LogP contribution < -0.4 is 9.47 Å². The van der Waals surface area contributed by atoms with E-state index in [9.17, 15) is 8.42 Å². The van der Waals surface area contributed by atoms with Crippen molar-refractivity contribution in [1.82, 2.24) is 9.97 Å². The van der Waals surface area contributed by atoms with Crippen molar-refractivity contribution in [1.29, 1.82) is 0 Å². The van der Waals surface area contributed by atoms with Crippen molar-refractivity contribution >= 4 is 9.84 Å². The zero-order valence-electron chi connectivity index (χ0n) is 19.9. The van der Waals surface area contributed by atoms with Crippen LogP contribution in [-0.4, -0.2) is 32.6 Å². The number of ether oxygens (including phenoxy) is 2. The molecular formula is C27H28N2O4S. The van der Waals surface area contributed by atoms with E-state index in [0.29, 0.717) is 22.9 Å². The Labute approximate surface area is 200 Å². The van der Waals surface area contributed by atoms with Gasteiger partial charge in [-0.2, -0.15) is 0 Å². The number of aromatic nitrogens is 2. The first-order valence-electron chi connectivity index (χ1n) is 10.9. The summed E-state index contributed by atoms with van der Waals surface area (Å²) in [4.78, 5) is 7.83. The molecule has 0 aliphatic carbocycles. The van der Waals surface area contributed by atoms with Crippen LogP contribution in [0.5, 0.6) is 11.5 Å². The number of nitrogens with one attached hydrogen (secondary N) is 1. The van der Waals surface area contributed by atoms with Crippen molar-refractivity contribution in [3.63, 3.8) is 0 Å². The summed E-state index contributed by atoms with van der Waals surface area (Å²) < 4.78 is 37.5. The fourth-order valence-corrected chi connectivity index (χ4v) is 4.81. The van der Waals surface area contributed by atoms with Crippen LogP contribution in [0.2, 0.25) is 0 Å². The zero-order valence-corrected chi connectivity index (χ0v) is 20.7. The Balaban J connectivity index is 1.83. The normalized spacial score (nSPS) is 11.9. The number of sulfone groups is 1. The van der Waals surface area contributed by atoms with Crippen LogP contribution in [0.4, 0.5) is 0 Å². The van der Waals surface area contributed by atoms with E-state index < -0.39 is 9.84 Å². The largest absolute Gasteiger partial charge is 0.497 e. The van der Waals surface area contributed by atoms with Gasteiger partial charge in [0.15, 0.2) is 0 Å². The average molecular weight is 477 g/mol. The molecule has 1 heterocycles. The Morgan fingerprint density at radius 2 is 1.24 bits per heavy atom. The number of rotatable bonds is 6. The summed E-state index contributed by atoms with van der Waals surface area (Å²) in [5, 5.41) is -0.104. The third-order valence-corrected chi connectivity index (χ3v) is 7.30. The number of nitrogens with zero attached hydrogens (tertiary/aromatic N) is 1. The molecule has 0 amide bonds. The van der Waals surface area contributed by atoms with E-state index in [2.05, 4.69) is 30.7 Å². The highest BCUT2D eigenvalue weighted by molar-refractivity contribution is 7.91. The SMILES string of the molecule is COc1ccc(-c2nc(S(=O)(=O)c3ccc(C(C)(C)C)cc3)[nH]c2-c2ccc(OC)cc2)cc1. The molecule has 4 aromatic rings. The van der Waals surface area contributed by atoms with E-state index in [1.165, 1.54) is 0 Å². The minimum atomic E-state index is -3.86. The Hall–Kier alpha value is -3.58. The summed E-state index contributed by atoms with van der Waals surface area (Å²) in [6.45, 7) is 6.27. The van der Waals surface area contributed by atoms with Gasteiger partial charge in [0.2, 0.25) is 15.0 Å². The van der Waals surface area contributed by atoms with Crippen molar-refractivity contribution in [2.24, 2.45) is 0 Å². The predicted molar refractivity (Wildman–Crippen MR) is 133 cm³/mol. The third kappa shape index (κ3) is 4.56. The van der Waals surface area contributed by atoms with Gasteiger partial charge in [-0.25, -0.2) is 13.4 Å². The maximum atomic E-state index is 13.5. The van der Waals surface area contributed by atoms with E-state index >= 15 is 0 Å². The van der Waals surface area contributed by atoms with Gasteiger partial charge in [-0.3, -0.25) is 0 Å². The lowest BCUT2D eigenvalue weighted by atomic mass is 9.87. The molecule has 34 heavy (non-hydrogen) atoms. The third-order valence-electron chi connectivity index (χ3n) is 5.71. The van der Waals surface area contributed by atoms with Crippen molar-refractivity contribution in [2.45, 2.75) is 36.2 Å². The number of imidazole rings is 1. The smallest absolute Gasteiger partial charge is 0.239 e. The standard InChI is InChI=1S/C27H28N2O4S/c1-27(2,3)20-10-16-23(17-11-20)34(30,31)26-28-24(18-6-12-21(32-4)13-7-18)25(29-26)19-8-14-22(33-5)15-9-19/h6-17H,1-5H3,(H,28,29). The van der Waals surface area contributed by atoms with E-state index in [1.54, 1.807) is 26.4 Å². The van der Waals surface area contributed by atoms with Crippen molar-refractivity contribution < 1.29 is 17.9 Å². The molecule has 0 unspecified atom stereocenters. The Kier molecular flexibility index (Phi) is 6.23. The number of hydrogen-bond donors (Lipinski definition) is 1. The second kappa shape index (κ2) is 8.99. The minimum absolute atomic E-state index is 0.0734. The predicted octanol–water partition coefficient (Wildman–Crippen LogP) is 5.89. The topological polar surface area (TPSA) is 81.3 Å². The van der Waals surface area contributed by atoms with Crippen LogP contribution in [0.15, 0.2) is 82.8 Å². The van der Waals surface area contributed by atoms with Gasteiger partial charge in [0, 0.05) is 11.1 Å². The van der Waals surface area contributed by atoms with Gasteiger partial charge in [0.05, 0.1) is 30.5 Å². The van der Waals surface area contributed by atoms with Crippen LogP contribution in [0.3, 0.4) is 0 Å². The van der Waals surface area contributed by atoms with Gasteiger partial charge < -0.3 is 14.5 Å². The second-order valence-corrected chi connectivity index (χ2v) is 10.9. The molecule has 7 heteroatoms. The molecule has 1 aromatic heterocycles. The van der Waals surface area contributed by atoms with Gasteiger partial charge in [-0.15, -0.1) is 0 Å². The lowest BCUT2D eigenvalue weighted by Gasteiger charge is -2.18. The quantitative estimate of drug-likeness (QED) is 0.375. The number of benzene rings is 3. The molecule has 0 aliphatic rings. The van der Waals surface area contributed by atoms with Crippen LogP contribution in [0.25, 0.3) is 22.5 Å². The molecule has 0 bridgehead atoms. The summed E-state index contributed by atoms with van der Waals surface area (Å²) in [7, 11) is -0.661. The number of aromatic amines is 1. The van der Waals surface area contributed by atoms with E-state index in [1.807, 2.05) is 60.7 Å². The Bertz CT molecular complexity index is 1320. The first-order chi connectivity index (χ1) is 16.1. The van der Waals surface area contributed by atoms with Gasteiger partial charge >= 0.3 is 0 Å². The molecular weight excluding hydrogens is 448 g/mol. The highest BCUT2D eigenvalue weighted by atomic mass is 32.2. The number of hydrogen-bond acceptors (Lipinski definition) is 5. The minimum Gasteiger partial charge on any atom is -0.497 e. The molecule has 0 saturated carbocycles. The molecule has 0 saturated heterocycles. The molecule has 176 valence electrons. The number of H-pyrrole nitrogens is 1. The van der Waals surface area contributed by atoms with Crippen LogP contribution in [0.1, 0.15) is 26.3 Å². The van der Waals surface area contributed by atoms with E-state index in [-0.39, 0.29) is 15.5 Å². The summed E-state index contributed by atoms with van der Waals surface area (Å²) in [5.41, 5.74) is 3.70. The lowest BCUT2D eigenvalue weighted by Crippen LogP contribution is -2.11. The highest BCUT2D eigenvalue weighted by Crippen LogP contribution is 2.34. The lowest BCUT2D eigenvalue weighted by molar-refractivity contribution is 0.414. The first-order valence-corrected chi connectivity index (χ1v) is 12.4. The zero-order chi connectivity index (χ0) is 24.5. The van der Waals surface area contributed by atoms with E-state index in [4.69, 9.17) is 9.47 Å². The molecule has 0 aliphatic heterocycles. The van der Waals surface area contributed by atoms with Crippen molar-refractivity contribution in [3.8, 4) is 34.0 Å². The molecule has 1 N–H and O–H groups in total. The van der Waals surface area contributed by atoms with Gasteiger partial charge in [-0.1, -0.05) is 32.9 Å². The highest BCUT2D eigenvalue weighted by Gasteiger charge is 2.26. The van der Waals surface area contributed by atoms with Crippen molar-refractivity contribution in [3.05, 3.63) is 78.4 Å². The molecule has 3 aromatic carbocycles. The van der Waals surface area contributed by atoms with Crippen molar-refractivity contribution in [2.75, 3.05) is 14.2 Å². The van der Waals surface area contributed by atoms with E-state index in [0.717, 1.165) is 16.7 Å². The molecule has 0 spiro atoms. The summed E-state index contributed by atoms with van der Waals surface area (Å²) >= 11 is 0. The van der Waals surface area contributed by atoms with Crippen LogP contribution in [-0.2, 0) is 15.3 Å². The first kappa shape index (κ1) is 23.6. The van der Waals surface area contributed by atoms with Gasteiger partial charge in [-0.05, 0) is 71.6 Å². The average Bonchev–Trinajstić information content (AvgIpc) is 3.30. The molecule has 0 radical (unpaired) electrons. The Morgan fingerprint density at radius 1 is 0.735 bits per heavy atom. The van der Waals surface area contributed by atoms with Gasteiger partial charge in [0.1, 0.15) is 11.5 Å². The fraction of sp³-hybridized carbons (Fsp3) is 0.222. The maximum Gasteiger partial charge on any atom is 0.239 e.